The predicted octanol–water partition coefficient (Wildman–Crippen LogP) is 1.48. The van der Waals surface area contributed by atoms with Crippen molar-refractivity contribution in [1.29, 1.82) is 0 Å². The second-order valence-corrected chi connectivity index (χ2v) is 6.79. The van der Waals surface area contributed by atoms with E-state index in [2.05, 4.69) is 0 Å². The third-order valence-corrected chi connectivity index (χ3v) is 5.22. The van der Waals surface area contributed by atoms with Crippen molar-refractivity contribution in [2.75, 3.05) is 13.1 Å². The topological polar surface area (TPSA) is 74.7 Å². The Kier molecular flexibility index (Phi) is 3.91. The molecule has 6 heteroatoms. The molecule has 1 aromatic rings. The molecule has 104 valence electrons. The highest BCUT2D eigenvalue weighted by Gasteiger charge is 2.33. The molecule has 1 unspecified atom stereocenters. The van der Waals surface area contributed by atoms with Gasteiger partial charge in [-0.25, -0.2) is 8.42 Å². The van der Waals surface area contributed by atoms with E-state index >= 15 is 0 Å². The first-order chi connectivity index (χ1) is 8.91. The first-order valence-corrected chi connectivity index (χ1v) is 7.65. The Hall–Kier alpha value is -1.40. The molecule has 1 aromatic carbocycles. The van der Waals surface area contributed by atoms with Crippen molar-refractivity contribution < 1.29 is 18.3 Å². The van der Waals surface area contributed by atoms with Gasteiger partial charge in [0.15, 0.2) is 0 Å². The van der Waals surface area contributed by atoms with Crippen LogP contribution in [0.5, 0.6) is 0 Å². The number of nitrogens with zero attached hydrogens (tertiary/aromatic N) is 1. The van der Waals surface area contributed by atoms with Gasteiger partial charge in [-0.1, -0.05) is 12.1 Å². The zero-order chi connectivity index (χ0) is 14.0. The number of carboxylic acid groups (broad SMARTS) is 1. The van der Waals surface area contributed by atoms with Crippen LogP contribution in [0, 0.1) is 12.8 Å². The lowest BCUT2D eigenvalue weighted by Crippen LogP contribution is -2.42. The van der Waals surface area contributed by atoms with Crippen molar-refractivity contribution >= 4 is 16.0 Å². The van der Waals surface area contributed by atoms with Crippen molar-refractivity contribution in [3.63, 3.8) is 0 Å². The number of rotatable bonds is 3. The number of carboxylic acids is 1. The maximum Gasteiger partial charge on any atom is 0.307 e. The Morgan fingerprint density at radius 3 is 2.79 bits per heavy atom. The van der Waals surface area contributed by atoms with E-state index in [4.69, 9.17) is 5.11 Å². The highest BCUT2D eigenvalue weighted by Crippen LogP contribution is 2.24. The number of aryl methyl sites for hydroxylation is 1. The molecule has 1 aliphatic rings. The monoisotopic (exact) mass is 283 g/mol. The van der Waals surface area contributed by atoms with Crippen LogP contribution in [0.3, 0.4) is 0 Å². The Morgan fingerprint density at radius 1 is 1.42 bits per heavy atom. The average molecular weight is 283 g/mol. The summed E-state index contributed by atoms with van der Waals surface area (Å²) in [6.07, 6.45) is 1.12. The minimum absolute atomic E-state index is 0.0611. The van der Waals surface area contributed by atoms with E-state index in [1.165, 1.54) is 4.31 Å². The smallest absolute Gasteiger partial charge is 0.307 e. The predicted molar refractivity (Wildman–Crippen MR) is 70.3 cm³/mol. The molecule has 1 heterocycles. The van der Waals surface area contributed by atoms with E-state index in [1.807, 2.05) is 13.0 Å². The van der Waals surface area contributed by atoms with Crippen molar-refractivity contribution in [2.24, 2.45) is 5.92 Å². The van der Waals surface area contributed by atoms with Gasteiger partial charge in [-0.3, -0.25) is 4.79 Å². The standard InChI is InChI=1S/C13H17NO4S/c1-10-4-2-6-12(8-10)19(17,18)14-7-3-5-11(9-14)13(15)16/h2,4,6,8,11H,3,5,7,9H2,1H3,(H,15,16). The fraction of sp³-hybridized carbons (Fsp3) is 0.462. The van der Waals surface area contributed by atoms with Crippen molar-refractivity contribution in [2.45, 2.75) is 24.7 Å². The lowest BCUT2D eigenvalue weighted by atomic mass is 10.0. The Labute approximate surface area is 112 Å². The minimum atomic E-state index is -3.58. The first-order valence-electron chi connectivity index (χ1n) is 6.21. The number of hydrogen-bond donors (Lipinski definition) is 1. The molecule has 1 saturated heterocycles. The van der Waals surface area contributed by atoms with Gasteiger partial charge in [0.25, 0.3) is 0 Å². The highest BCUT2D eigenvalue weighted by atomic mass is 32.2. The second-order valence-electron chi connectivity index (χ2n) is 4.86. The first kappa shape index (κ1) is 14.0. The summed E-state index contributed by atoms with van der Waals surface area (Å²) in [6, 6.07) is 6.68. The van der Waals surface area contributed by atoms with Crippen LogP contribution in [-0.2, 0) is 14.8 Å². The third-order valence-electron chi connectivity index (χ3n) is 3.36. The van der Waals surface area contributed by atoms with Gasteiger partial charge in [0.2, 0.25) is 10.0 Å². The summed E-state index contributed by atoms with van der Waals surface area (Å²) in [5, 5.41) is 9.01. The van der Waals surface area contributed by atoms with Crippen molar-refractivity contribution in [3.05, 3.63) is 29.8 Å². The van der Waals surface area contributed by atoms with Gasteiger partial charge in [-0.15, -0.1) is 0 Å². The SMILES string of the molecule is Cc1cccc(S(=O)(=O)N2CCCC(C(=O)O)C2)c1. The van der Waals surface area contributed by atoms with Crippen LogP contribution >= 0.6 is 0 Å². The molecule has 0 bridgehead atoms. The van der Waals surface area contributed by atoms with Gasteiger partial charge >= 0.3 is 5.97 Å². The maximum atomic E-state index is 12.4. The molecule has 0 amide bonds. The van der Waals surface area contributed by atoms with Crippen LogP contribution < -0.4 is 0 Å². The molecule has 5 nitrogen and oxygen atoms in total. The summed E-state index contributed by atoms with van der Waals surface area (Å²) >= 11 is 0. The largest absolute Gasteiger partial charge is 0.481 e. The normalized spacial score (nSPS) is 21.2. The molecule has 0 aliphatic carbocycles. The average Bonchev–Trinajstić information content (AvgIpc) is 2.39. The molecular weight excluding hydrogens is 266 g/mol. The Bertz CT molecular complexity index is 582. The fourth-order valence-corrected chi connectivity index (χ4v) is 3.92. The van der Waals surface area contributed by atoms with Gasteiger partial charge in [0.05, 0.1) is 10.8 Å². The Balaban J connectivity index is 2.27. The van der Waals surface area contributed by atoms with E-state index < -0.39 is 21.9 Å². The lowest BCUT2D eigenvalue weighted by molar-refractivity contribution is -0.142. The molecule has 0 saturated carbocycles. The summed E-state index contributed by atoms with van der Waals surface area (Å²) in [4.78, 5) is 11.2. The van der Waals surface area contributed by atoms with Crippen molar-refractivity contribution in [1.82, 2.24) is 4.31 Å². The third kappa shape index (κ3) is 2.96. The number of sulfonamides is 1. The van der Waals surface area contributed by atoms with Crippen molar-refractivity contribution in [3.8, 4) is 0 Å². The van der Waals surface area contributed by atoms with E-state index in [0.717, 1.165) is 5.56 Å². The second kappa shape index (κ2) is 5.30. The van der Waals surface area contributed by atoms with Crippen LogP contribution in [-0.4, -0.2) is 36.9 Å². The van der Waals surface area contributed by atoms with Crippen LogP contribution in [0.2, 0.25) is 0 Å². The van der Waals surface area contributed by atoms with Gasteiger partial charge in [-0.05, 0) is 37.5 Å². The summed E-state index contributed by atoms with van der Waals surface area (Å²) in [6.45, 7) is 2.28. The van der Waals surface area contributed by atoms with Gasteiger partial charge in [-0.2, -0.15) is 4.31 Å². The number of carbonyl (C=O) groups is 1. The van der Waals surface area contributed by atoms with Gasteiger partial charge < -0.3 is 5.11 Å². The molecule has 0 radical (unpaired) electrons. The van der Waals surface area contributed by atoms with Gasteiger partial charge in [0.1, 0.15) is 0 Å². The van der Waals surface area contributed by atoms with Crippen LogP contribution in [0.25, 0.3) is 0 Å². The molecule has 1 fully saturated rings. The fourth-order valence-electron chi connectivity index (χ4n) is 2.29. The molecule has 0 spiro atoms. The molecule has 2 rings (SSSR count). The number of benzene rings is 1. The maximum absolute atomic E-state index is 12.4. The van der Waals surface area contributed by atoms with Gasteiger partial charge in [0, 0.05) is 13.1 Å². The van der Waals surface area contributed by atoms with E-state index in [9.17, 15) is 13.2 Å². The summed E-state index contributed by atoms with van der Waals surface area (Å²) < 4.78 is 26.2. The minimum Gasteiger partial charge on any atom is -0.481 e. The molecule has 1 atom stereocenters. The molecule has 0 aromatic heterocycles. The number of aliphatic carboxylic acids is 1. The quantitative estimate of drug-likeness (QED) is 0.911. The zero-order valence-electron chi connectivity index (χ0n) is 10.7. The van der Waals surface area contributed by atoms with Crippen LogP contribution in [0.15, 0.2) is 29.2 Å². The van der Waals surface area contributed by atoms with Crippen LogP contribution in [0.4, 0.5) is 0 Å². The molecule has 1 N–H and O–H groups in total. The van der Waals surface area contributed by atoms with E-state index in [0.29, 0.717) is 19.4 Å². The highest BCUT2D eigenvalue weighted by molar-refractivity contribution is 7.89. The van der Waals surface area contributed by atoms with Crippen LogP contribution in [0.1, 0.15) is 18.4 Å². The Morgan fingerprint density at radius 2 is 2.16 bits per heavy atom. The van der Waals surface area contributed by atoms with E-state index in [1.54, 1.807) is 18.2 Å². The molecular formula is C13H17NO4S. The lowest BCUT2D eigenvalue weighted by Gasteiger charge is -2.29. The summed E-state index contributed by atoms with van der Waals surface area (Å²) in [5.74, 6) is -1.53. The molecule has 1 aliphatic heterocycles. The zero-order valence-corrected chi connectivity index (χ0v) is 11.6. The summed E-state index contributed by atoms with van der Waals surface area (Å²) in [7, 11) is -3.58. The number of hydrogen-bond acceptors (Lipinski definition) is 3. The molecule has 19 heavy (non-hydrogen) atoms. The number of piperidine rings is 1. The summed E-state index contributed by atoms with van der Waals surface area (Å²) in [5.41, 5.74) is 0.868. The van der Waals surface area contributed by atoms with E-state index in [-0.39, 0.29) is 11.4 Å².